The Morgan fingerprint density at radius 2 is 1.94 bits per heavy atom. The molecule has 2 nitrogen and oxygen atoms in total. The molecule has 0 bridgehead atoms. The molecule has 0 fully saturated rings. The summed E-state index contributed by atoms with van der Waals surface area (Å²) in [5.41, 5.74) is 1.09. The summed E-state index contributed by atoms with van der Waals surface area (Å²) in [6.07, 6.45) is 1.09. The van der Waals surface area contributed by atoms with Gasteiger partial charge < -0.3 is 10.2 Å². The van der Waals surface area contributed by atoms with E-state index in [-0.39, 0.29) is 5.82 Å². The van der Waals surface area contributed by atoms with Crippen molar-refractivity contribution in [2.45, 2.75) is 26.3 Å². The number of anilines is 1. The molecule has 0 saturated heterocycles. The Hall–Kier alpha value is -1.09. The van der Waals surface area contributed by atoms with Crippen molar-refractivity contribution >= 4 is 5.69 Å². The lowest BCUT2D eigenvalue weighted by molar-refractivity contribution is 0.558. The zero-order valence-corrected chi connectivity index (χ0v) is 10.3. The van der Waals surface area contributed by atoms with E-state index in [2.05, 4.69) is 24.1 Å². The largest absolute Gasteiger partial charge is 0.372 e. The van der Waals surface area contributed by atoms with Crippen LogP contribution in [0.25, 0.3) is 0 Å². The molecule has 0 saturated carbocycles. The Balaban J connectivity index is 2.57. The van der Waals surface area contributed by atoms with Gasteiger partial charge in [-0.1, -0.05) is 0 Å². The first-order valence-electron chi connectivity index (χ1n) is 5.85. The van der Waals surface area contributed by atoms with Crippen molar-refractivity contribution in [2.24, 2.45) is 0 Å². The maximum atomic E-state index is 12.8. The fraction of sp³-hybridized carbons (Fsp3) is 0.538. The third-order valence-corrected chi connectivity index (χ3v) is 2.90. The second-order valence-corrected chi connectivity index (χ2v) is 4.03. The smallest absolute Gasteiger partial charge is 0.123 e. The summed E-state index contributed by atoms with van der Waals surface area (Å²) < 4.78 is 12.8. The van der Waals surface area contributed by atoms with E-state index in [0.29, 0.717) is 6.04 Å². The van der Waals surface area contributed by atoms with E-state index in [1.54, 1.807) is 0 Å². The highest BCUT2D eigenvalue weighted by Gasteiger charge is 2.06. The molecule has 1 N–H and O–H groups in total. The molecule has 3 heteroatoms. The molecular formula is C13H21FN2. The molecule has 0 aliphatic heterocycles. The summed E-state index contributed by atoms with van der Waals surface area (Å²) >= 11 is 0. The highest BCUT2D eigenvalue weighted by molar-refractivity contribution is 5.45. The summed E-state index contributed by atoms with van der Waals surface area (Å²) in [6.45, 7) is 6.22. The van der Waals surface area contributed by atoms with E-state index in [1.165, 1.54) is 12.1 Å². The average Bonchev–Trinajstić information content (AvgIpc) is 2.31. The van der Waals surface area contributed by atoms with Crippen molar-refractivity contribution in [3.63, 3.8) is 0 Å². The zero-order chi connectivity index (χ0) is 12.0. The number of benzene rings is 1. The second-order valence-electron chi connectivity index (χ2n) is 4.03. The first-order valence-corrected chi connectivity index (χ1v) is 5.85. The lowest BCUT2D eigenvalue weighted by Gasteiger charge is -2.24. The van der Waals surface area contributed by atoms with Gasteiger partial charge in [0, 0.05) is 24.8 Å². The molecule has 0 radical (unpaired) electrons. The minimum absolute atomic E-state index is 0.177. The molecule has 1 atom stereocenters. The van der Waals surface area contributed by atoms with Gasteiger partial charge in [-0.05, 0) is 51.6 Å². The van der Waals surface area contributed by atoms with Gasteiger partial charge in [0.1, 0.15) is 5.82 Å². The van der Waals surface area contributed by atoms with Crippen LogP contribution in [-0.2, 0) is 0 Å². The SMILES string of the molecule is CCN(CCC(C)NC)c1ccc(F)cc1. The predicted octanol–water partition coefficient (Wildman–Crippen LogP) is 2.65. The van der Waals surface area contributed by atoms with Gasteiger partial charge >= 0.3 is 0 Å². The van der Waals surface area contributed by atoms with Crippen LogP contribution in [-0.4, -0.2) is 26.2 Å². The molecule has 0 spiro atoms. The van der Waals surface area contributed by atoms with Crippen LogP contribution in [0.4, 0.5) is 10.1 Å². The molecule has 0 heterocycles. The van der Waals surface area contributed by atoms with Crippen LogP contribution in [0.1, 0.15) is 20.3 Å². The van der Waals surface area contributed by atoms with Gasteiger partial charge in [-0.15, -0.1) is 0 Å². The molecule has 0 amide bonds. The van der Waals surface area contributed by atoms with Crippen molar-refractivity contribution in [3.05, 3.63) is 30.1 Å². The maximum Gasteiger partial charge on any atom is 0.123 e. The normalized spacial score (nSPS) is 12.5. The first kappa shape index (κ1) is 13.0. The van der Waals surface area contributed by atoms with Gasteiger partial charge in [-0.3, -0.25) is 0 Å². The summed E-state index contributed by atoms with van der Waals surface area (Å²) in [5, 5.41) is 3.22. The number of halogens is 1. The predicted molar refractivity (Wildman–Crippen MR) is 67.4 cm³/mol. The standard InChI is InChI=1S/C13H21FN2/c1-4-16(10-9-11(2)15-3)13-7-5-12(14)6-8-13/h5-8,11,15H,4,9-10H2,1-3H3. The molecule has 1 rings (SSSR count). The van der Waals surface area contributed by atoms with Crippen LogP contribution < -0.4 is 10.2 Å². The third-order valence-electron chi connectivity index (χ3n) is 2.90. The van der Waals surface area contributed by atoms with E-state index in [1.807, 2.05) is 19.2 Å². The molecular weight excluding hydrogens is 203 g/mol. The van der Waals surface area contributed by atoms with Gasteiger partial charge in [-0.2, -0.15) is 0 Å². The lowest BCUT2D eigenvalue weighted by Crippen LogP contribution is -2.30. The molecule has 0 aromatic heterocycles. The Morgan fingerprint density at radius 3 is 2.44 bits per heavy atom. The number of rotatable bonds is 6. The summed E-state index contributed by atoms with van der Waals surface area (Å²) in [7, 11) is 1.97. The van der Waals surface area contributed by atoms with Gasteiger partial charge in [0.2, 0.25) is 0 Å². The minimum atomic E-state index is -0.177. The molecule has 1 aromatic rings. The van der Waals surface area contributed by atoms with Crippen molar-refractivity contribution in [3.8, 4) is 0 Å². The van der Waals surface area contributed by atoms with Crippen LogP contribution in [0.15, 0.2) is 24.3 Å². The summed E-state index contributed by atoms with van der Waals surface area (Å²) in [4.78, 5) is 2.26. The van der Waals surface area contributed by atoms with Gasteiger partial charge in [-0.25, -0.2) is 4.39 Å². The molecule has 0 aliphatic carbocycles. The highest BCUT2D eigenvalue weighted by atomic mass is 19.1. The Morgan fingerprint density at radius 1 is 1.31 bits per heavy atom. The Bertz CT molecular complexity index is 297. The number of nitrogens with zero attached hydrogens (tertiary/aromatic N) is 1. The maximum absolute atomic E-state index is 12.8. The molecule has 1 aromatic carbocycles. The number of hydrogen-bond acceptors (Lipinski definition) is 2. The van der Waals surface area contributed by atoms with Crippen LogP contribution in [0, 0.1) is 5.82 Å². The molecule has 1 unspecified atom stereocenters. The van der Waals surface area contributed by atoms with Crippen LogP contribution >= 0.6 is 0 Å². The van der Waals surface area contributed by atoms with E-state index in [4.69, 9.17) is 0 Å². The van der Waals surface area contributed by atoms with E-state index < -0.39 is 0 Å². The third kappa shape index (κ3) is 3.81. The monoisotopic (exact) mass is 224 g/mol. The Kier molecular flexibility index (Phi) is 5.26. The lowest BCUT2D eigenvalue weighted by atomic mass is 10.2. The zero-order valence-electron chi connectivity index (χ0n) is 10.3. The van der Waals surface area contributed by atoms with E-state index in [0.717, 1.165) is 25.2 Å². The number of nitrogens with one attached hydrogen (secondary N) is 1. The fourth-order valence-corrected chi connectivity index (χ4v) is 1.62. The highest BCUT2D eigenvalue weighted by Crippen LogP contribution is 2.15. The quantitative estimate of drug-likeness (QED) is 0.799. The van der Waals surface area contributed by atoms with E-state index in [9.17, 15) is 4.39 Å². The van der Waals surface area contributed by atoms with Gasteiger partial charge in [0.05, 0.1) is 0 Å². The van der Waals surface area contributed by atoms with Crippen molar-refractivity contribution < 1.29 is 4.39 Å². The molecule has 0 aliphatic rings. The number of hydrogen-bond donors (Lipinski definition) is 1. The van der Waals surface area contributed by atoms with E-state index >= 15 is 0 Å². The first-order chi connectivity index (χ1) is 7.67. The van der Waals surface area contributed by atoms with Crippen LogP contribution in [0.3, 0.4) is 0 Å². The van der Waals surface area contributed by atoms with Crippen LogP contribution in [0.5, 0.6) is 0 Å². The van der Waals surface area contributed by atoms with Crippen molar-refractivity contribution in [2.75, 3.05) is 25.0 Å². The molecule has 90 valence electrons. The average molecular weight is 224 g/mol. The summed E-state index contributed by atoms with van der Waals surface area (Å²) in [5.74, 6) is -0.177. The Labute approximate surface area is 97.5 Å². The van der Waals surface area contributed by atoms with Crippen molar-refractivity contribution in [1.82, 2.24) is 5.32 Å². The van der Waals surface area contributed by atoms with Gasteiger partial charge in [0.25, 0.3) is 0 Å². The van der Waals surface area contributed by atoms with Gasteiger partial charge in [0.15, 0.2) is 0 Å². The summed E-state index contributed by atoms with van der Waals surface area (Å²) in [6, 6.07) is 7.21. The fourth-order valence-electron chi connectivity index (χ4n) is 1.62. The van der Waals surface area contributed by atoms with Crippen molar-refractivity contribution in [1.29, 1.82) is 0 Å². The molecule has 16 heavy (non-hydrogen) atoms. The minimum Gasteiger partial charge on any atom is -0.372 e. The van der Waals surface area contributed by atoms with Crippen LogP contribution in [0.2, 0.25) is 0 Å². The topological polar surface area (TPSA) is 15.3 Å². The second kappa shape index (κ2) is 6.48.